The summed E-state index contributed by atoms with van der Waals surface area (Å²) in [5.74, 6) is 0.0683. The van der Waals surface area contributed by atoms with Gasteiger partial charge in [0.2, 0.25) is 0 Å². The predicted octanol–water partition coefficient (Wildman–Crippen LogP) is 0.210. The second kappa shape index (κ2) is 5.03. The van der Waals surface area contributed by atoms with Crippen LogP contribution < -0.4 is 5.73 Å². The monoisotopic (exact) mass is 276 g/mol. The summed E-state index contributed by atoms with van der Waals surface area (Å²) in [5, 5.41) is 9.03. The summed E-state index contributed by atoms with van der Waals surface area (Å²) in [5.41, 5.74) is 5.47. The molecule has 2 rings (SSSR count). The molecule has 2 heterocycles. The molecule has 17 heavy (non-hydrogen) atoms. The van der Waals surface area contributed by atoms with E-state index in [4.69, 9.17) is 10.8 Å². The van der Waals surface area contributed by atoms with Gasteiger partial charge in [-0.3, -0.25) is 0 Å². The highest BCUT2D eigenvalue weighted by Crippen LogP contribution is 2.28. The van der Waals surface area contributed by atoms with E-state index in [0.717, 1.165) is 11.3 Å². The Morgan fingerprint density at radius 1 is 1.53 bits per heavy atom. The highest BCUT2D eigenvalue weighted by atomic mass is 32.2. The fourth-order valence-corrected chi connectivity index (χ4v) is 4.82. The topological polar surface area (TPSA) is 83.6 Å². The van der Waals surface area contributed by atoms with Crippen LogP contribution in [-0.2, 0) is 16.6 Å². The van der Waals surface area contributed by atoms with Crippen LogP contribution in [0.4, 0.5) is 0 Å². The van der Waals surface area contributed by atoms with Gasteiger partial charge >= 0.3 is 0 Å². The van der Waals surface area contributed by atoms with Crippen molar-refractivity contribution >= 4 is 21.4 Å². The van der Waals surface area contributed by atoms with E-state index in [0.29, 0.717) is 23.8 Å². The first-order valence-electron chi connectivity index (χ1n) is 5.47. The number of rotatable bonds is 4. The maximum Gasteiger partial charge on any atom is 0.252 e. The molecular weight excluding hydrogens is 260 g/mol. The fraction of sp³-hybridized carbons (Fsp3) is 0.600. The molecule has 1 aromatic heterocycles. The Morgan fingerprint density at radius 3 is 2.82 bits per heavy atom. The molecule has 0 radical (unpaired) electrons. The molecule has 1 unspecified atom stereocenters. The molecule has 7 heteroatoms. The molecule has 1 aromatic rings. The van der Waals surface area contributed by atoms with Gasteiger partial charge in [0.1, 0.15) is 4.21 Å². The number of aliphatic hydroxyl groups excluding tert-OH is 1. The molecule has 1 aliphatic heterocycles. The van der Waals surface area contributed by atoms with E-state index >= 15 is 0 Å². The van der Waals surface area contributed by atoms with Gasteiger partial charge in [-0.1, -0.05) is 0 Å². The van der Waals surface area contributed by atoms with Crippen molar-refractivity contribution < 1.29 is 13.5 Å². The summed E-state index contributed by atoms with van der Waals surface area (Å²) >= 11 is 1.22. The Balaban J connectivity index is 2.19. The largest absolute Gasteiger partial charge is 0.396 e. The molecule has 3 N–H and O–H groups in total. The highest BCUT2D eigenvalue weighted by Gasteiger charge is 2.32. The third-order valence-electron chi connectivity index (χ3n) is 2.94. The van der Waals surface area contributed by atoms with Gasteiger partial charge < -0.3 is 10.8 Å². The lowest BCUT2D eigenvalue weighted by Crippen LogP contribution is -2.28. The molecule has 1 atom stereocenters. The Morgan fingerprint density at radius 2 is 2.29 bits per heavy atom. The van der Waals surface area contributed by atoms with Crippen LogP contribution in [0, 0.1) is 5.92 Å². The van der Waals surface area contributed by atoms with E-state index in [2.05, 4.69) is 0 Å². The first-order chi connectivity index (χ1) is 8.07. The van der Waals surface area contributed by atoms with Crippen molar-refractivity contribution in [2.75, 3.05) is 19.7 Å². The number of thiophene rings is 1. The van der Waals surface area contributed by atoms with Crippen LogP contribution >= 0.6 is 11.3 Å². The standard InChI is InChI=1S/C10H16N2O3S2/c11-5-9-1-2-10(16-9)17(14,15)12-4-3-8(6-12)7-13/h1-2,8,13H,3-7,11H2. The Hall–Kier alpha value is -0.470. The molecule has 0 spiro atoms. The lowest BCUT2D eigenvalue weighted by Gasteiger charge is -2.14. The number of nitrogens with two attached hydrogens (primary N) is 1. The molecule has 96 valence electrons. The Labute approximate surface area is 105 Å². The third-order valence-corrected chi connectivity index (χ3v) is 6.38. The summed E-state index contributed by atoms with van der Waals surface area (Å²) in [4.78, 5) is 0.862. The lowest BCUT2D eigenvalue weighted by atomic mass is 10.1. The van der Waals surface area contributed by atoms with Crippen molar-refractivity contribution in [2.45, 2.75) is 17.2 Å². The number of nitrogens with zero attached hydrogens (tertiary/aromatic N) is 1. The molecule has 1 fully saturated rings. The molecule has 0 aliphatic carbocycles. The third kappa shape index (κ3) is 2.53. The maximum absolute atomic E-state index is 12.2. The minimum Gasteiger partial charge on any atom is -0.396 e. The zero-order valence-electron chi connectivity index (χ0n) is 9.37. The highest BCUT2D eigenvalue weighted by molar-refractivity contribution is 7.91. The van der Waals surface area contributed by atoms with Gasteiger partial charge in [-0.05, 0) is 24.5 Å². The average Bonchev–Trinajstić information content (AvgIpc) is 2.98. The SMILES string of the molecule is NCc1ccc(S(=O)(=O)N2CCC(CO)C2)s1. The predicted molar refractivity (Wildman–Crippen MR) is 66.2 cm³/mol. The van der Waals surface area contributed by atoms with E-state index in [1.54, 1.807) is 12.1 Å². The molecular formula is C10H16N2O3S2. The summed E-state index contributed by atoms with van der Waals surface area (Å²) in [6.45, 7) is 1.31. The quantitative estimate of drug-likeness (QED) is 0.823. The van der Waals surface area contributed by atoms with Crippen molar-refractivity contribution in [3.8, 4) is 0 Å². The molecule has 0 saturated carbocycles. The van der Waals surface area contributed by atoms with Crippen molar-refractivity contribution in [3.05, 3.63) is 17.0 Å². The first kappa shape index (κ1) is 13.0. The second-order valence-corrected chi connectivity index (χ2v) is 7.46. The van der Waals surface area contributed by atoms with Crippen LogP contribution in [0.2, 0.25) is 0 Å². The molecule has 1 aliphatic rings. The number of hydrogen-bond acceptors (Lipinski definition) is 5. The van der Waals surface area contributed by atoms with Gasteiger partial charge in [0, 0.05) is 31.1 Å². The van der Waals surface area contributed by atoms with E-state index in [1.807, 2.05) is 0 Å². The van der Waals surface area contributed by atoms with Crippen molar-refractivity contribution in [3.63, 3.8) is 0 Å². The van der Waals surface area contributed by atoms with Gasteiger partial charge in [-0.2, -0.15) is 4.31 Å². The van der Waals surface area contributed by atoms with E-state index < -0.39 is 10.0 Å². The molecule has 1 saturated heterocycles. The van der Waals surface area contributed by atoms with Gasteiger partial charge in [-0.25, -0.2) is 8.42 Å². The van der Waals surface area contributed by atoms with Crippen LogP contribution in [0.1, 0.15) is 11.3 Å². The average molecular weight is 276 g/mol. The van der Waals surface area contributed by atoms with Crippen molar-refractivity contribution in [2.24, 2.45) is 11.7 Å². The van der Waals surface area contributed by atoms with Crippen LogP contribution in [-0.4, -0.2) is 37.5 Å². The van der Waals surface area contributed by atoms with E-state index in [1.165, 1.54) is 15.6 Å². The van der Waals surface area contributed by atoms with Gasteiger partial charge in [0.15, 0.2) is 0 Å². The van der Waals surface area contributed by atoms with Crippen LogP contribution in [0.15, 0.2) is 16.3 Å². The normalized spacial score (nSPS) is 22.1. The zero-order chi connectivity index (χ0) is 12.5. The van der Waals surface area contributed by atoms with Gasteiger partial charge in [-0.15, -0.1) is 11.3 Å². The fourth-order valence-electron chi connectivity index (χ4n) is 1.90. The van der Waals surface area contributed by atoms with Gasteiger partial charge in [0.25, 0.3) is 10.0 Å². The minimum absolute atomic E-state index is 0.0461. The summed E-state index contributed by atoms with van der Waals surface area (Å²) in [6.07, 6.45) is 0.727. The lowest BCUT2D eigenvalue weighted by molar-refractivity contribution is 0.233. The minimum atomic E-state index is -3.39. The zero-order valence-corrected chi connectivity index (χ0v) is 11.0. The number of hydrogen-bond donors (Lipinski definition) is 2. The Kier molecular flexibility index (Phi) is 3.84. The molecule has 0 aromatic carbocycles. The number of aliphatic hydroxyl groups is 1. The number of sulfonamides is 1. The summed E-state index contributed by atoms with van der Waals surface area (Å²) < 4.78 is 26.3. The Bertz CT molecular complexity index is 483. The van der Waals surface area contributed by atoms with Gasteiger partial charge in [0.05, 0.1) is 0 Å². The van der Waals surface area contributed by atoms with E-state index in [9.17, 15) is 8.42 Å². The van der Waals surface area contributed by atoms with Crippen LogP contribution in [0.25, 0.3) is 0 Å². The maximum atomic E-state index is 12.2. The molecule has 0 bridgehead atoms. The summed E-state index contributed by atoms with van der Waals surface area (Å²) in [6, 6.07) is 3.35. The molecule has 0 amide bonds. The van der Waals surface area contributed by atoms with Crippen molar-refractivity contribution in [1.82, 2.24) is 4.31 Å². The second-order valence-electron chi connectivity index (χ2n) is 4.13. The van der Waals surface area contributed by atoms with E-state index in [-0.39, 0.29) is 12.5 Å². The van der Waals surface area contributed by atoms with Crippen LogP contribution in [0.3, 0.4) is 0 Å². The first-order valence-corrected chi connectivity index (χ1v) is 7.73. The summed E-state index contributed by atoms with van der Waals surface area (Å²) in [7, 11) is -3.39. The molecule has 5 nitrogen and oxygen atoms in total. The smallest absolute Gasteiger partial charge is 0.252 e. The van der Waals surface area contributed by atoms with Crippen molar-refractivity contribution in [1.29, 1.82) is 0 Å². The van der Waals surface area contributed by atoms with Crippen LogP contribution in [0.5, 0.6) is 0 Å².